The molecule has 0 fully saturated rings. The van der Waals surface area contributed by atoms with Crippen molar-refractivity contribution in [2.45, 2.75) is 25.7 Å². The van der Waals surface area contributed by atoms with Crippen molar-refractivity contribution < 1.29 is 14.6 Å². The van der Waals surface area contributed by atoms with Gasteiger partial charge in [-0.25, -0.2) is 0 Å². The Labute approximate surface area is 155 Å². The highest BCUT2D eigenvalue weighted by Crippen LogP contribution is 2.22. The van der Waals surface area contributed by atoms with Crippen molar-refractivity contribution in [1.29, 1.82) is 0 Å². The SMILES string of the molecule is CC(CCOc1ccccc1/C=C/CNCCC(=O)O)c1ccccc1. The number of benzene rings is 2. The first-order valence-corrected chi connectivity index (χ1v) is 9.02. The molecule has 0 aromatic heterocycles. The van der Waals surface area contributed by atoms with Crippen molar-refractivity contribution in [3.05, 3.63) is 71.8 Å². The monoisotopic (exact) mass is 353 g/mol. The first kappa shape index (κ1) is 19.7. The fourth-order valence-corrected chi connectivity index (χ4v) is 2.61. The molecule has 0 spiro atoms. The largest absolute Gasteiger partial charge is 0.493 e. The van der Waals surface area contributed by atoms with Crippen molar-refractivity contribution in [3.8, 4) is 5.75 Å². The van der Waals surface area contributed by atoms with Crippen molar-refractivity contribution >= 4 is 12.0 Å². The summed E-state index contributed by atoms with van der Waals surface area (Å²) in [6.45, 7) is 3.98. The van der Waals surface area contributed by atoms with Crippen LogP contribution in [0.1, 0.15) is 36.8 Å². The lowest BCUT2D eigenvalue weighted by atomic mass is 9.98. The molecule has 0 aliphatic carbocycles. The van der Waals surface area contributed by atoms with Gasteiger partial charge in [-0.2, -0.15) is 0 Å². The third kappa shape index (κ3) is 7.11. The molecule has 138 valence electrons. The standard InChI is InChI=1S/C22H27NO3/c1-18(19-8-3-2-4-9-19)14-17-26-21-12-6-5-10-20(21)11-7-15-23-16-13-22(24)25/h2-12,18,23H,13-17H2,1H3,(H,24,25)/b11-7+. The molecular weight excluding hydrogens is 326 g/mol. The van der Waals surface area contributed by atoms with E-state index >= 15 is 0 Å². The fourth-order valence-electron chi connectivity index (χ4n) is 2.61. The zero-order valence-electron chi connectivity index (χ0n) is 15.2. The van der Waals surface area contributed by atoms with Crippen LogP contribution < -0.4 is 10.1 Å². The van der Waals surface area contributed by atoms with Crippen LogP contribution in [0.5, 0.6) is 5.75 Å². The van der Waals surface area contributed by atoms with Gasteiger partial charge in [-0.15, -0.1) is 0 Å². The molecule has 4 heteroatoms. The summed E-state index contributed by atoms with van der Waals surface area (Å²) in [6, 6.07) is 18.4. The van der Waals surface area contributed by atoms with E-state index in [0.717, 1.165) is 17.7 Å². The summed E-state index contributed by atoms with van der Waals surface area (Å²) in [5.74, 6) is 0.539. The van der Waals surface area contributed by atoms with Gasteiger partial charge in [0.2, 0.25) is 0 Å². The maximum atomic E-state index is 10.5. The van der Waals surface area contributed by atoms with E-state index in [2.05, 4.69) is 36.5 Å². The molecule has 0 radical (unpaired) electrons. The fraction of sp³-hybridized carbons (Fsp3) is 0.318. The Morgan fingerprint density at radius 1 is 1.15 bits per heavy atom. The molecule has 0 aliphatic heterocycles. The topological polar surface area (TPSA) is 58.6 Å². The highest BCUT2D eigenvalue weighted by molar-refractivity contribution is 5.66. The zero-order valence-corrected chi connectivity index (χ0v) is 15.2. The van der Waals surface area contributed by atoms with Gasteiger partial charge in [-0.05, 0) is 24.0 Å². The molecule has 0 bridgehead atoms. The van der Waals surface area contributed by atoms with E-state index in [-0.39, 0.29) is 6.42 Å². The minimum atomic E-state index is -0.787. The first-order valence-electron chi connectivity index (χ1n) is 9.02. The Kier molecular flexibility index (Phi) is 8.43. The van der Waals surface area contributed by atoms with Gasteiger partial charge in [0.15, 0.2) is 0 Å². The van der Waals surface area contributed by atoms with Crippen molar-refractivity contribution in [2.75, 3.05) is 19.7 Å². The number of carboxylic acids is 1. The maximum Gasteiger partial charge on any atom is 0.304 e. The van der Waals surface area contributed by atoms with Crippen LogP contribution in [-0.2, 0) is 4.79 Å². The lowest BCUT2D eigenvalue weighted by molar-refractivity contribution is -0.136. The maximum absolute atomic E-state index is 10.5. The quantitative estimate of drug-likeness (QED) is 0.590. The summed E-state index contributed by atoms with van der Waals surface area (Å²) in [5, 5.41) is 11.7. The van der Waals surface area contributed by atoms with Gasteiger partial charge in [0.25, 0.3) is 0 Å². The van der Waals surface area contributed by atoms with Crippen LogP contribution in [0, 0.1) is 0 Å². The smallest absolute Gasteiger partial charge is 0.304 e. The molecule has 0 heterocycles. The van der Waals surface area contributed by atoms with Crippen molar-refractivity contribution in [1.82, 2.24) is 5.32 Å². The average Bonchev–Trinajstić information content (AvgIpc) is 2.66. The summed E-state index contributed by atoms with van der Waals surface area (Å²) in [7, 11) is 0. The summed E-state index contributed by atoms with van der Waals surface area (Å²) >= 11 is 0. The predicted molar refractivity (Wildman–Crippen MR) is 106 cm³/mol. The molecular formula is C22H27NO3. The summed E-state index contributed by atoms with van der Waals surface area (Å²) < 4.78 is 5.99. The Morgan fingerprint density at radius 3 is 2.65 bits per heavy atom. The third-order valence-electron chi connectivity index (χ3n) is 4.17. The van der Waals surface area contributed by atoms with Crippen LogP contribution in [0.25, 0.3) is 6.08 Å². The number of ether oxygens (including phenoxy) is 1. The second-order valence-corrected chi connectivity index (χ2v) is 6.24. The number of hydrogen-bond acceptors (Lipinski definition) is 3. The molecule has 1 atom stereocenters. The Hall–Kier alpha value is -2.59. The number of carboxylic acid groups (broad SMARTS) is 1. The molecule has 26 heavy (non-hydrogen) atoms. The van der Waals surface area contributed by atoms with E-state index < -0.39 is 5.97 Å². The summed E-state index contributed by atoms with van der Waals surface area (Å²) in [4.78, 5) is 10.5. The number of carbonyl (C=O) groups is 1. The van der Waals surface area contributed by atoms with Gasteiger partial charge >= 0.3 is 5.97 Å². The molecule has 0 amide bonds. The molecule has 0 saturated heterocycles. The Balaban J connectivity index is 1.79. The average molecular weight is 353 g/mol. The second kappa shape index (κ2) is 11.1. The zero-order chi connectivity index (χ0) is 18.6. The van der Waals surface area contributed by atoms with E-state index in [9.17, 15) is 4.79 Å². The number of aliphatic carboxylic acids is 1. The van der Waals surface area contributed by atoms with E-state index in [0.29, 0.717) is 25.6 Å². The molecule has 2 aromatic carbocycles. The van der Waals surface area contributed by atoms with Crippen LogP contribution in [0.4, 0.5) is 0 Å². The van der Waals surface area contributed by atoms with Gasteiger partial charge < -0.3 is 15.2 Å². The van der Waals surface area contributed by atoms with E-state index in [1.54, 1.807) is 0 Å². The lowest BCUT2D eigenvalue weighted by Gasteiger charge is -2.14. The molecule has 2 rings (SSSR count). The van der Waals surface area contributed by atoms with Crippen LogP contribution >= 0.6 is 0 Å². The molecule has 2 aromatic rings. The van der Waals surface area contributed by atoms with Gasteiger partial charge in [-0.1, -0.05) is 67.6 Å². The van der Waals surface area contributed by atoms with Crippen LogP contribution in [0.15, 0.2) is 60.7 Å². The second-order valence-electron chi connectivity index (χ2n) is 6.24. The number of para-hydroxylation sites is 1. The van der Waals surface area contributed by atoms with Gasteiger partial charge in [0, 0.05) is 18.7 Å². The van der Waals surface area contributed by atoms with Gasteiger partial charge in [0.1, 0.15) is 5.75 Å². The van der Waals surface area contributed by atoms with Gasteiger partial charge in [-0.3, -0.25) is 4.79 Å². The molecule has 4 nitrogen and oxygen atoms in total. The molecule has 2 N–H and O–H groups in total. The van der Waals surface area contributed by atoms with Gasteiger partial charge in [0.05, 0.1) is 13.0 Å². The third-order valence-corrected chi connectivity index (χ3v) is 4.17. The first-order chi connectivity index (χ1) is 12.7. The number of hydrogen-bond donors (Lipinski definition) is 2. The Morgan fingerprint density at radius 2 is 1.88 bits per heavy atom. The van der Waals surface area contributed by atoms with E-state index in [1.807, 2.05) is 42.5 Å². The minimum absolute atomic E-state index is 0.132. The molecule has 0 saturated carbocycles. The van der Waals surface area contributed by atoms with Crippen molar-refractivity contribution in [3.63, 3.8) is 0 Å². The predicted octanol–water partition coefficient (Wildman–Crippen LogP) is 4.34. The van der Waals surface area contributed by atoms with E-state index in [1.165, 1.54) is 5.56 Å². The summed E-state index contributed by atoms with van der Waals surface area (Å²) in [6.07, 6.45) is 5.08. The van der Waals surface area contributed by atoms with Crippen LogP contribution in [-0.4, -0.2) is 30.8 Å². The van der Waals surface area contributed by atoms with Crippen molar-refractivity contribution in [2.24, 2.45) is 0 Å². The number of rotatable bonds is 11. The molecule has 0 aliphatic rings. The highest BCUT2D eigenvalue weighted by atomic mass is 16.5. The minimum Gasteiger partial charge on any atom is -0.493 e. The lowest BCUT2D eigenvalue weighted by Crippen LogP contribution is -2.17. The normalized spacial score (nSPS) is 12.2. The summed E-state index contributed by atoms with van der Waals surface area (Å²) in [5.41, 5.74) is 2.36. The van der Waals surface area contributed by atoms with Crippen LogP contribution in [0.3, 0.4) is 0 Å². The Bertz CT molecular complexity index is 698. The molecule has 1 unspecified atom stereocenters. The highest BCUT2D eigenvalue weighted by Gasteiger charge is 2.06. The number of nitrogens with one attached hydrogen (secondary N) is 1. The van der Waals surface area contributed by atoms with Crippen LogP contribution in [0.2, 0.25) is 0 Å². The van der Waals surface area contributed by atoms with E-state index in [4.69, 9.17) is 9.84 Å².